The van der Waals surface area contributed by atoms with Crippen molar-refractivity contribution in [2.75, 3.05) is 31.5 Å². The van der Waals surface area contributed by atoms with Crippen LogP contribution >= 0.6 is 0 Å². The normalized spacial score (nSPS) is 12.3. The van der Waals surface area contributed by atoms with Gasteiger partial charge in [-0.1, -0.05) is 56.3 Å². The van der Waals surface area contributed by atoms with Gasteiger partial charge in [-0.25, -0.2) is 4.31 Å². The Morgan fingerprint density at radius 2 is 1.59 bits per heavy atom. The molecule has 9 heteroatoms. The molecule has 0 fully saturated rings. The molecule has 0 saturated heterocycles. The molecule has 8 nitrogen and oxygen atoms in total. The topological polar surface area (TPSA) is 90.0 Å². The third kappa shape index (κ3) is 6.80. The molecule has 1 N–H and O–H groups in total. The van der Waals surface area contributed by atoms with E-state index in [0.717, 1.165) is 26.2 Å². The summed E-state index contributed by atoms with van der Waals surface area (Å²) in [6.07, 6.45) is 1.18. The van der Waals surface area contributed by atoms with Gasteiger partial charge in [0.1, 0.15) is 12.6 Å². The van der Waals surface area contributed by atoms with Gasteiger partial charge in [0.25, 0.3) is 0 Å². The number of anilines is 1. The Kier molecular flexibility index (Phi) is 10.1. The number of hydrogen-bond acceptors (Lipinski definition) is 4. The quantitative estimate of drug-likeness (QED) is 0.497. The van der Waals surface area contributed by atoms with E-state index in [0.29, 0.717) is 18.7 Å². The first-order valence-electron chi connectivity index (χ1n) is 11.5. The molecule has 186 valence electrons. The molecular formula is C25H36N4O4S. The number of carbonyl (C=O) groups is 2. The van der Waals surface area contributed by atoms with Gasteiger partial charge in [-0.15, -0.1) is 0 Å². The predicted molar refractivity (Wildman–Crippen MR) is 136 cm³/mol. The first-order valence-corrected chi connectivity index (χ1v) is 12.9. The zero-order chi connectivity index (χ0) is 25.3. The average molecular weight is 489 g/mol. The number of rotatable bonds is 12. The minimum atomic E-state index is -3.95. The lowest BCUT2D eigenvalue weighted by Gasteiger charge is -2.34. The maximum absolute atomic E-state index is 13.7. The van der Waals surface area contributed by atoms with E-state index >= 15 is 0 Å². The monoisotopic (exact) mass is 488 g/mol. The van der Waals surface area contributed by atoms with Crippen LogP contribution in [-0.2, 0) is 26.3 Å². The summed E-state index contributed by atoms with van der Waals surface area (Å²) in [7, 11) is -1.10. The summed E-state index contributed by atoms with van der Waals surface area (Å²) in [6, 6.07) is 15.4. The largest absolute Gasteiger partial charge is 0.354 e. The number of para-hydroxylation sites is 1. The molecule has 0 radical (unpaired) electrons. The molecule has 2 rings (SSSR count). The maximum atomic E-state index is 13.7. The average Bonchev–Trinajstić information content (AvgIpc) is 2.82. The van der Waals surface area contributed by atoms with E-state index in [1.54, 1.807) is 30.3 Å². The van der Waals surface area contributed by atoms with Crippen molar-refractivity contribution in [3.63, 3.8) is 0 Å². The molecule has 34 heavy (non-hydrogen) atoms. The van der Waals surface area contributed by atoms with E-state index in [4.69, 9.17) is 0 Å². The molecule has 0 aliphatic carbocycles. The first kappa shape index (κ1) is 27.3. The van der Waals surface area contributed by atoms with E-state index in [1.807, 2.05) is 45.0 Å². The highest BCUT2D eigenvalue weighted by atomic mass is 32.2. The van der Waals surface area contributed by atoms with Crippen molar-refractivity contribution in [1.82, 2.24) is 14.5 Å². The molecular weight excluding hydrogens is 452 g/mol. The fourth-order valence-electron chi connectivity index (χ4n) is 3.57. The smallest absolute Gasteiger partial charge is 0.304 e. The number of benzene rings is 2. The molecule has 0 heterocycles. The standard InChI is InChI=1S/C25H36N4O4S/c1-6-17-26-25(31)23(7-2)28(18-21-14-12-11-13-20(21)3)24(30)19-29(34(32,33)27(4)5)22-15-9-8-10-16-22/h8-16,23H,6-7,17-19H2,1-5H3,(H,26,31). The molecule has 0 aliphatic heterocycles. The highest BCUT2D eigenvalue weighted by Crippen LogP contribution is 2.21. The SMILES string of the molecule is CCCNC(=O)C(CC)N(Cc1ccccc1C)C(=O)CN(c1ccccc1)S(=O)(=O)N(C)C. The second-order valence-electron chi connectivity index (χ2n) is 8.30. The number of hydrogen-bond donors (Lipinski definition) is 1. The van der Waals surface area contributed by atoms with E-state index in [9.17, 15) is 18.0 Å². The lowest BCUT2D eigenvalue weighted by atomic mass is 10.1. The van der Waals surface area contributed by atoms with Crippen LogP contribution in [0, 0.1) is 6.92 Å². The van der Waals surface area contributed by atoms with Gasteiger partial charge in [0.2, 0.25) is 11.8 Å². The van der Waals surface area contributed by atoms with E-state index in [-0.39, 0.29) is 12.5 Å². The number of amides is 2. The lowest BCUT2D eigenvalue weighted by molar-refractivity contribution is -0.140. The summed E-state index contributed by atoms with van der Waals surface area (Å²) in [6.45, 7) is 6.04. The van der Waals surface area contributed by atoms with E-state index < -0.39 is 28.7 Å². The van der Waals surface area contributed by atoms with Crippen LogP contribution in [0.1, 0.15) is 37.8 Å². The molecule has 1 unspecified atom stereocenters. The third-order valence-electron chi connectivity index (χ3n) is 5.60. The van der Waals surface area contributed by atoms with Crippen molar-refractivity contribution in [2.45, 2.75) is 46.2 Å². The van der Waals surface area contributed by atoms with Gasteiger partial charge >= 0.3 is 10.2 Å². The molecule has 0 bridgehead atoms. The van der Waals surface area contributed by atoms with Crippen molar-refractivity contribution in [3.05, 3.63) is 65.7 Å². The molecule has 2 aromatic rings. The zero-order valence-electron chi connectivity index (χ0n) is 20.7. The first-order chi connectivity index (χ1) is 16.1. The van der Waals surface area contributed by atoms with Gasteiger partial charge in [-0.3, -0.25) is 9.59 Å². The summed E-state index contributed by atoms with van der Waals surface area (Å²) in [5.41, 5.74) is 2.27. The minimum absolute atomic E-state index is 0.203. The van der Waals surface area contributed by atoms with Gasteiger partial charge in [-0.05, 0) is 43.0 Å². The van der Waals surface area contributed by atoms with Crippen molar-refractivity contribution in [2.24, 2.45) is 0 Å². The Labute approximate surface area is 203 Å². The molecule has 0 aliphatic rings. The Morgan fingerprint density at radius 3 is 2.15 bits per heavy atom. The van der Waals surface area contributed by atoms with Crippen LogP contribution in [0.2, 0.25) is 0 Å². The molecule has 2 amide bonds. The fraction of sp³-hybridized carbons (Fsp3) is 0.440. The molecule has 0 saturated carbocycles. The summed E-state index contributed by atoms with van der Waals surface area (Å²) < 4.78 is 28.4. The van der Waals surface area contributed by atoms with Crippen LogP contribution in [0.4, 0.5) is 5.69 Å². The summed E-state index contributed by atoms with van der Waals surface area (Å²) >= 11 is 0. The number of nitrogens with zero attached hydrogens (tertiary/aromatic N) is 3. The maximum Gasteiger partial charge on any atom is 0.304 e. The van der Waals surface area contributed by atoms with Crippen LogP contribution in [0.25, 0.3) is 0 Å². The van der Waals surface area contributed by atoms with E-state index in [2.05, 4.69) is 5.32 Å². The van der Waals surface area contributed by atoms with E-state index in [1.165, 1.54) is 19.0 Å². The highest BCUT2D eigenvalue weighted by Gasteiger charge is 2.33. The second-order valence-corrected chi connectivity index (χ2v) is 10.4. The Balaban J connectivity index is 2.47. The summed E-state index contributed by atoms with van der Waals surface area (Å²) in [5.74, 6) is -0.691. The van der Waals surface area contributed by atoms with Crippen LogP contribution in [-0.4, -0.2) is 62.7 Å². The Bertz CT molecular complexity index is 1060. The minimum Gasteiger partial charge on any atom is -0.354 e. The predicted octanol–water partition coefficient (Wildman–Crippen LogP) is 2.94. The van der Waals surface area contributed by atoms with Crippen LogP contribution < -0.4 is 9.62 Å². The van der Waals surface area contributed by atoms with Gasteiger partial charge in [0, 0.05) is 27.2 Å². The molecule has 1 atom stereocenters. The van der Waals surface area contributed by atoms with Gasteiger partial charge < -0.3 is 10.2 Å². The number of nitrogens with one attached hydrogen (secondary N) is 1. The fourth-order valence-corrected chi connectivity index (χ4v) is 4.62. The van der Waals surface area contributed by atoms with Gasteiger partial charge in [-0.2, -0.15) is 12.7 Å². The summed E-state index contributed by atoms with van der Waals surface area (Å²) in [5, 5.41) is 2.88. The lowest BCUT2D eigenvalue weighted by Crippen LogP contribution is -2.53. The highest BCUT2D eigenvalue weighted by molar-refractivity contribution is 7.90. The number of carbonyl (C=O) groups excluding carboxylic acids is 2. The van der Waals surface area contributed by atoms with Crippen molar-refractivity contribution in [1.29, 1.82) is 0 Å². The van der Waals surface area contributed by atoms with Gasteiger partial charge in [0.15, 0.2) is 0 Å². The van der Waals surface area contributed by atoms with Crippen molar-refractivity contribution in [3.8, 4) is 0 Å². The van der Waals surface area contributed by atoms with Crippen molar-refractivity contribution >= 4 is 27.7 Å². The second kappa shape index (κ2) is 12.5. The zero-order valence-corrected chi connectivity index (χ0v) is 21.5. The Hall–Kier alpha value is -2.91. The van der Waals surface area contributed by atoms with Crippen molar-refractivity contribution < 1.29 is 18.0 Å². The summed E-state index contributed by atoms with van der Waals surface area (Å²) in [4.78, 5) is 28.2. The number of aryl methyl sites for hydroxylation is 1. The van der Waals surface area contributed by atoms with Crippen LogP contribution in [0.5, 0.6) is 0 Å². The Morgan fingerprint density at radius 1 is 0.971 bits per heavy atom. The molecule has 2 aromatic carbocycles. The molecule has 0 aromatic heterocycles. The molecule has 0 spiro atoms. The van der Waals surface area contributed by atoms with Gasteiger partial charge in [0.05, 0.1) is 5.69 Å². The van der Waals surface area contributed by atoms with Crippen LogP contribution in [0.3, 0.4) is 0 Å². The van der Waals surface area contributed by atoms with Crippen LogP contribution in [0.15, 0.2) is 54.6 Å². The third-order valence-corrected chi connectivity index (χ3v) is 7.42.